The van der Waals surface area contributed by atoms with Crippen molar-refractivity contribution in [2.24, 2.45) is 11.8 Å². The summed E-state index contributed by atoms with van der Waals surface area (Å²) in [6.07, 6.45) is 19.2. The molecule has 0 spiro atoms. The van der Waals surface area contributed by atoms with Gasteiger partial charge in [0.25, 0.3) is 0 Å². The Bertz CT molecular complexity index is 922. The molecule has 0 unspecified atom stereocenters. The summed E-state index contributed by atoms with van der Waals surface area (Å²) in [6, 6.07) is 9.18. The van der Waals surface area contributed by atoms with Crippen LogP contribution in [-0.4, -0.2) is 9.78 Å². The fourth-order valence-electron chi connectivity index (χ4n) is 5.48. The maximum Gasteiger partial charge on any atom is 0.0964 e. The van der Waals surface area contributed by atoms with E-state index in [2.05, 4.69) is 67.9 Å². The zero-order valence-corrected chi connectivity index (χ0v) is 19.9. The van der Waals surface area contributed by atoms with E-state index in [0.29, 0.717) is 0 Å². The van der Waals surface area contributed by atoms with E-state index in [1.165, 1.54) is 65.8 Å². The minimum atomic E-state index is 0.779. The van der Waals surface area contributed by atoms with Gasteiger partial charge in [0.1, 0.15) is 0 Å². The highest BCUT2D eigenvalue weighted by Gasteiger charge is 2.25. The van der Waals surface area contributed by atoms with Gasteiger partial charge < -0.3 is 0 Å². The Hall–Kier alpha value is -2.09. The predicted molar refractivity (Wildman–Crippen MR) is 133 cm³/mol. The summed E-state index contributed by atoms with van der Waals surface area (Å²) < 4.78 is 2.42. The highest BCUT2D eigenvalue weighted by Crippen LogP contribution is 2.38. The molecule has 31 heavy (non-hydrogen) atoms. The maximum absolute atomic E-state index is 5.33. The third kappa shape index (κ3) is 5.05. The molecule has 0 amide bonds. The monoisotopic (exact) mass is 416 g/mol. The lowest BCUT2D eigenvalue weighted by Crippen LogP contribution is -2.20. The number of hydrogen-bond acceptors (Lipinski definition) is 1. The summed E-state index contributed by atoms with van der Waals surface area (Å²) in [5, 5.41) is 5.33. The number of hydrogen-bond donors (Lipinski definition) is 0. The molecule has 2 aliphatic rings. The van der Waals surface area contributed by atoms with E-state index in [-0.39, 0.29) is 0 Å². The largest absolute Gasteiger partial charge is 0.268 e. The van der Waals surface area contributed by atoms with Gasteiger partial charge in [-0.05, 0) is 67.1 Å². The van der Waals surface area contributed by atoms with Gasteiger partial charge in [-0.15, -0.1) is 0 Å². The summed E-state index contributed by atoms with van der Waals surface area (Å²) in [5.74, 6) is 1.73. The van der Waals surface area contributed by atoms with Crippen LogP contribution in [0.2, 0.25) is 0 Å². The van der Waals surface area contributed by atoms with Crippen LogP contribution in [0.25, 0.3) is 16.7 Å². The van der Waals surface area contributed by atoms with Crippen LogP contribution in [0.4, 0.5) is 0 Å². The normalized spacial score (nSPS) is 21.3. The van der Waals surface area contributed by atoms with Crippen LogP contribution in [0.5, 0.6) is 0 Å². The molecule has 0 N–H and O–H groups in total. The minimum absolute atomic E-state index is 0.779. The molecule has 1 fully saturated rings. The van der Waals surface area contributed by atoms with Crippen molar-refractivity contribution in [2.75, 3.05) is 0 Å². The number of allylic oxidation sites excluding steroid dienone is 4. The summed E-state index contributed by atoms with van der Waals surface area (Å²) in [5.41, 5.74) is 8.27. The van der Waals surface area contributed by atoms with Crippen molar-refractivity contribution in [1.29, 1.82) is 0 Å². The minimum Gasteiger partial charge on any atom is -0.268 e. The molecule has 1 heterocycles. The average molecular weight is 417 g/mol. The van der Waals surface area contributed by atoms with Crippen molar-refractivity contribution < 1.29 is 0 Å². The lowest BCUT2D eigenvalue weighted by Gasteiger charge is -2.28. The van der Waals surface area contributed by atoms with E-state index in [0.717, 1.165) is 50.5 Å². The fraction of sp³-hybridized carbons (Fsp3) is 0.552. The zero-order valence-electron chi connectivity index (χ0n) is 19.9. The lowest BCUT2D eigenvalue weighted by atomic mass is 9.81. The first kappa shape index (κ1) is 22.1. The van der Waals surface area contributed by atoms with Crippen molar-refractivity contribution in [1.82, 2.24) is 9.78 Å². The molecule has 0 bridgehead atoms. The van der Waals surface area contributed by atoms with Crippen molar-refractivity contribution in [2.45, 2.75) is 91.5 Å². The van der Waals surface area contributed by atoms with E-state index < -0.39 is 0 Å². The molecule has 2 nitrogen and oxygen atoms in total. The number of nitrogens with zero attached hydrogens (tertiary/aromatic N) is 2. The van der Waals surface area contributed by atoms with E-state index in [9.17, 15) is 0 Å². The number of rotatable bonds is 8. The van der Waals surface area contributed by atoms with Crippen molar-refractivity contribution >= 4 is 5.57 Å². The van der Waals surface area contributed by atoms with Gasteiger partial charge in [-0.1, -0.05) is 88.9 Å². The second-order valence-electron chi connectivity index (χ2n) is 9.61. The third-order valence-electron chi connectivity index (χ3n) is 7.46. The Labute approximate surface area is 189 Å². The first-order valence-electron chi connectivity index (χ1n) is 12.8. The van der Waals surface area contributed by atoms with Gasteiger partial charge >= 0.3 is 0 Å². The summed E-state index contributed by atoms with van der Waals surface area (Å²) in [4.78, 5) is 0. The third-order valence-corrected chi connectivity index (χ3v) is 7.46. The van der Waals surface area contributed by atoms with Crippen molar-refractivity contribution in [3.8, 4) is 11.1 Å². The molecule has 1 aromatic carbocycles. The van der Waals surface area contributed by atoms with Crippen LogP contribution >= 0.6 is 0 Å². The number of benzene rings is 1. The SMILES string of the molecule is CCCc1c(-c2cccc(CC)c2)c(C2=CC=CCC2)nn1CC1CCC(CC)CC1. The zero-order chi connectivity index (χ0) is 21.6. The first-order valence-corrected chi connectivity index (χ1v) is 12.8. The fourth-order valence-corrected chi connectivity index (χ4v) is 5.48. The molecule has 4 rings (SSSR count). The van der Waals surface area contributed by atoms with Crippen LogP contribution < -0.4 is 0 Å². The first-order chi connectivity index (χ1) is 15.2. The smallest absolute Gasteiger partial charge is 0.0964 e. The van der Waals surface area contributed by atoms with Gasteiger partial charge in [0, 0.05) is 17.8 Å². The van der Waals surface area contributed by atoms with E-state index in [1.54, 1.807) is 0 Å². The van der Waals surface area contributed by atoms with Crippen LogP contribution in [0, 0.1) is 11.8 Å². The van der Waals surface area contributed by atoms with E-state index in [1.807, 2.05) is 0 Å². The van der Waals surface area contributed by atoms with Gasteiger partial charge in [-0.3, -0.25) is 4.68 Å². The topological polar surface area (TPSA) is 17.8 Å². The molecular formula is C29H40N2. The molecule has 2 aromatic rings. The van der Waals surface area contributed by atoms with Gasteiger partial charge in [0.15, 0.2) is 0 Å². The molecular weight excluding hydrogens is 376 g/mol. The summed E-state index contributed by atoms with van der Waals surface area (Å²) in [7, 11) is 0. The quantitative estimate of drug-likeness (QED) is 0.426. The number of aryl methyl sites for hydroxylation is 1. The summed E-state index contributed by atoms with van der Waals surface area (Å²) >= 11 is 0. The highest BCUT2D eigenvalue weighted by molar-refractivity contribution is 5.82. The van der Waals surface area contributed by atoms with Crippen molar-refractivity contribution in [3.05, 3.63) is 59.4 Å². The van der Waals surface area contributed by atoms with Gasteiger partial charge in [-0.2, -0.15) is 5.10 Å². The predicted octanol–water partition coefficient (Wildman–Crippen LogP) is 8.01. The van der Waals surface area contributed by atoms with E-state index in [4.69, 9.17) is 5.10 Å². The second-order valence-corrected chi connectivity index (χ2v) is 9.61. The van der Waals surface area contributed by atoms with Crippen LogP contribution in [0.3, 0.4) is 0 Å². The molecule has 0 radical (unpaired) electrons. The molecule has 2 heteroatoms. The lowest BCUT2D eigenvalue weighted by molar-refractivity contribution is 0.240. The molecule has 1 saturated carbocycles. The molecule has 1 aromatic heterocycles. The standard InChI is InChI=1S/C29H40N2/c1-4-11-27-28(26-15-10-12-23(6-3)20-26)29(25-13-8-7-9-14-25)30-31(27)21-24-18-16-22(5-2)17-19-24/h7-8,10,12-13,15,20,22,24H,4-6,9,11,14,16-19,21H2,1-3H3. The Morgan fingerprint density at radius 1 is 1.03 bits per heavy atom. The highest BCUT2D eigenvalue weighted by atomic mass is 15.3. The molecule has 166 valence electrons. The Balaban J connectivity index is 1.75. The van der Waals surface area contributed by atoms with Gasteiger partial charge in [0.05, 0.1) is 5.69 Å². The average Bonchev–Trinajstić information content (AvgIpc) is 3.18. The van der Waals surface area contributed by atoms with Crippen LogP contribution in [0.1, 0.15) is 89.1 Å². The Morgan fingerprint density at radius 2 is 1.84 bits per heavy atom. The van der Waals surface area contributed by atoms with Crippen LogP contribution in [0.15, 0.2) is 42.5 Å². The van der Waals surface area contributed by atoms with Gasteiger partial charge in [0.2, 0.25) is 0 Å². The molecule has 0 saturated heterocycles. The van der Waals surface area contributed by atoms with Crippen molar-refractivity contribution in [3.63, 3.8) is 0 Å². The second kappa shape index (κ2) is 10.5. The number of aromatic nitrogens is 2. The summed E-state index contributed by atoms with van der Waals surface area (Å²) in [6.45, 7) is 8.00. The molecule has 0 atom stereocenters. The molecule has 2 aliphatic carbocycles. The maximum atomic E-state index is 5.33. The molecule has 0 aliphatic heterocycles. The van der Waals surface area contributed by atoms with Crippen LogP contribution in [-0.2, 0) is 19.4 Å². The van der Waals surface area contributed by atoms with E-state index >= 15 is 0 Å². The van der Waals surface area contributed by atoms with Gasteiger partial charge in [-0.25, -0.2) is 0 Å². The Morgan fingerprint density at radius 3 is 2.52 bits per heavy atom. The Kier molecular flexibility index (Phi) is 7.48.